The third kappa shape index (κ3) is 2.41. The molecule has 1 unspecified atom stereocenters. The highest BCUT2D eigenvalue weighted by molar-refractivity contribution is 5.79. The number of hydrogen-bond acceptors (Lipinski definition) is 1. The number of hydrogen-bond donors (Lipinski definition) is 0. The number of piperidine rings is 1. The van der Waals surface area contributed by atoms with Crippen LogP contribution in [0.4, 0.5) is 0 Å². The second kappa shape index (κ2) is 4.38. The topological polar surface area (TPSA) is 20.3 Å². The summed E-state index contributed by atoms with van der Waals surface area (Å²) in [7, 11) is 0. The summed E-state index contributed by atoms with van der Waals surface area (Å²) in [5.41, 5.74) is 0.346. The molecule has 1 aliphatic heterocycles. The van der Waals surface area contributed by atoms with Gasteiger partial charge < -0.3 is 4.90 Å². The monoisotopic (exact) mass is 223 g/mol. The van der Waals surface area contributed by atoms with Crippen LogP contribution in [0.25, 0.3) is 0 Å². The molecule has 1 saturated carbocycles. The molecule has 1 amide bonds. The highest BCUT2D eigenvalue weighted by atomic mass is 16.2. The molecule has 1 atom stereocenters. The van der Waals surface area contributed by atoms with Crippen molar-refractivity contribution in [2.75, 3.05) is 13.1 Å². The molecule has 2 heteroatoms. The van der Waals surface area contributed by atoms with Crippen LogP contribution >= 0.6 is 0 Å². The van der Waals surface area contributed by atoms with Crippen molar-refractivity contribution < 1.29 is 4.79 Å². The first kappa shape index (κ1) is 11.9. The summed E-state index contributed by atoms with van der Waals surface area (Å²) >= 11 is 0. The fourth-order valence-electron chi connectivity index (χ4n) is 2.80. The van der Waals surface area contributed by atoms with Crippen molar-refractivity contribution in [3.8, 4) is 0 Å². The van der Waals surface area contributed by atoms with Crippen LogP contribution in [0.15, 0.2) is 0 Å². The molecule has 0 N–H and O–H groups in total. The lowest BCUT2D eigenvalue weighted by atomic mass is 9.75. The smallest absolute Gasteiger partial charge is 0.225 e. The average molecular weight is 223 g/mol. The van der Waals surface area contributed by atoms with Crippen LogP contribution < -0.4 is 0 Å². The molecule has 0 spiro atoms. The van der Waals surface area contributed by atoms with Gasteiger partial charge in [-0.3, -0.25) is 4.79 Å². The maximum atomic E-state index is 12.2. The lowest BCUT2D eigenvalue weighted by molar-refractivity contribution is -0.140. The van der Waals surface area contributed by atoms with E-state index in [0.717, 1.165) is 25.9 Å². The first-order chi connectivity index (χ1) is 7.48. The molecule has 0 aromatic carbocycles. The van der Waals surface area contributed by atoms with Crippen molar-refractivity contribution in [1.82, 2.24) is 4.90 Å². The van der Waals surface area contributed by atoms with E-state index in [0.29, 0.717) is 23.2 Å². The van der Waals surface area contributed by atoms with Crippen LogP contribution in [-0.4, -0.2) is 23.9 Å². The molecular weight excluding hydrogens is 198 g/mol. The summed E-state index contributed by atoms with van der Waals surface area (Å²) in [6, 6.07) is 0. The number of likely N-dealkylation sites (tertiary alicyclic amines) is 1. The molecule has 0 aromatic rings. The van der Waals surface area contributed by atoms with Gasteiger partial charge in [0, 0.05) is 19.0 Å². The molecule has 1 aliphatic carbocycles. The Morgan fingerprint density at radius 3 is 2.31 bits per heavy atom. The predicted molar refractivity (Wildman–Crippen MR) is 66.1 cm³/mol. The molecule has 2 fully saturated rings. The molecule has 2 rings (SSSR count). The van der Waals surface area contributed by atoms with E-state index in [2.05, 4.69) is 25.7 Å². The highest BCUT2D eigenvalue weighted by Gasteiger charge is 2.35. The Balaban J connectivity index is 1.93. The molecule has 0 radical (unpaired) electrons. The highest BCUT2D eigenvalue weighted by Crippen LogP contribution is 2.35. The van der Waals surface area contributed by atoms with Crippen molar-refractivity contribution >= 4 is 5.91 Å². The van der Waals surface area contributed by atoms with Crippen molar-refractivity contribution in [3.63, 3.8) is 0 Å². The normalized spacial score (nSPS) is 27.7. The van der Waals surface area contributed by atoms with E-state index in [1.807, 2.05) is 0 Å². The molecule has 2 aliphatic rings. The molecule has 2 nitrogen and oxygen atoms in total. The Morgan fingerprint density at radius 2 is 1.81 bits per heavy atom. The zero-order chi connectivity index (χ0) is 11.8. The van der Waals surface area contributed by atoms with Gasteiger partial charge in [-0.05, 0) is 37.0 Å². The van der Waals surface area contributed by atoms with E-state index < -0.39 is 0 Å². The summed E-state index contributed by atoms with van der Waals surface area (Å²) < 4.78 is 0. The van der Waals surface area contributed by atoms with Gasteiger partial charge in [0.05, 0.1) is 0 Å². The molecule has 1 saturated heterocycles. The summed E-state index contributed by atoms with van der Waals surface area (Å²) in [5, 5.41) is 0. The van der Waals surface area contributed by atoms with Gasteiger partial charge >= 0.3 is 0 Å². The maximum absolute atomic E-state index is 12.2. The van der Waals surface area contributed by atoms with Gasteiger partial charge in [0.1, 0.15) is 0 Å². The summed E-state index contributed by atoms with van der Waals surface area (Å²) in [6.45, 7) is 8.90. The van der Waals surface area contributed by atoms with Gasteiger partial charge in [0.2, 0.25) is 5.91 Å². The van der Waals surface area contributed by atoms with Crippen LogP contribution in [-0.2, 0) is 4.79 Å². The molecule has 16 heavy (non-hydrogen) atoms. The Morgan fingerprint density at radius 1 is 1.12 bits per heavy atom. The van der Waals surface area contributed by atoms with Crippen molar-refractivity contribution in [2.24, 2.45) is 17.3 Å². The number of carbonyl (C=O) groups excluding carboxylic acids is 1. The Hall–Kier alpha value is -0.530. The minimum atomic E-state index is 0.346. The zero-order valence-electron chi connectivity index (χ0n) is 11.0. The maximum Gasteiger partial charge on any atom is 0.225 e. The van der Waals surface area contributed by atoms with Crippen LogP contribution in [0.2, 0.25) is 0 Å². The Bertz CT molecular complexity index is 262. The van der Waals surface area contributed by atoms with Gasteiger partial charge in [-0.25, -0.2) is 0 Å². The zero-order valence-corrected chi connectivity index (χ0v) is 11.0. The molecule has 0 aromatic heterocycles. The average Bonchev–Trinajstić information content (AvgIpc) is 2.14. The van der Waals surface area contributed by atoms with Crippen molar-refractivity contribution in [3.05, 3.63) is 0 Å². The lowest BCUT2D eigenvalue weighted by Crippen LogP contribution is -2.47. The predicted octanol–water partition coefficient (Wildman–Crippen LogP) is 3.07. The van der Waals surface area contributed by atoms with Gasteiger partial charge in [0.25, 0.3) is 0 Å². The number of carbonyl (C=O) groups is 1. The van der Waals surface area contributed by atoms with E-state index in [-0.39, 0.29) is 0 Å². The van der Waals surface area contributed by atoms with Gasteiger partial charge in [0.15, 0.2) is 0 Å². The van der Waals surface area contributed by atoms with E-state index in [1.54, 1.807) is 0 Å². The molecular formula is C14H25NO. The second-order valence-electron chi connectivity index (χ2n) is 6.62. The summed E-state index contributed by atoms with van der Waals surface area (Å²) in [5.74, 6) is 1.50. The third-order valence-corrected chi connectivity index (χ3v) is 4.41. The van der Waals surface area contributed by atoms with Gasteiger partial charge in [-0.2, -0.15) is 0 Å². The third-order valence-electron chi connectivity index (χ3n) is 4.41. The number of nitrogens with zero attached hydrogens (tertiary/aromatic N) is 1. The molecule has 1 heterocycles. The molecule has 0 bridgehead atoms. The minimum absolute atomic E-state index is 0.346. The second-order valence-corrected chi connectivity index (χ2v) is 6.62. The van der Waals surface area contributed by atoms with Crippen LogP contribution in [0, 0.1) is 17.3 Å². The van der Waals surface area contributed by atoms with Crippen LogP contribution in [0.3, 0.4) is 0 Å². The van der Waals surface area contributed by atoms with Crippen LogP contribution in [0.5, 0.6) is 0 Å². The van der Waals surface area contributed by atoms with Gasteiger partial charge in [-0.1, -0.05) is 27.2 Å². The van der Waals surface area contributed by atoms with Crippen molar-refractivity contribution in [2.45, 2.75) is 52.9 Å². The van der Waals surface area contributed by atoms with Crippen molar-refractivity contribution in [1.29, 1.82) is 0 Å². The number of rotatable bonds is 1. The van der Waals surface area contributed by atoms with Crippen LogP contribution in [0.1, 0.15) is 52.9 Å². The Kier molecular flexibility index (Phi) is 3.27. The first-order valence-electron chi connectivity index (χ1n) is 6.77. The Labute approximate surface area is 99.4 Å². The summed E-state index contributed by atoms with van der Waals surface area (Å²) in [6.07, 6.45) is 6.01. The quantitative estimate of drug-likeness (QED) is 0.669. The summed E-state index contributed by atoms with van der Waals surface area (Å²) in [4.78, 5) is 14.3. The van der Waals surface area contributed by atoms with E-state index in [4.69, 9.17) is 0 Å². The standard InChI is InChI=1S/C14H25NO/c1-14(2,3)12-8-5-9-15(10-12)13(16)11-6-4-7-11/h11-12H,4-10H2,1-3H3. The minimum Gasteiger partial charge on any atom is -0.342 e. The largest absolute Gasteiger partial charge is 0.342 e. The van der Waals surface area contributed by atoms with E-state index >= 15 is 0 Å². The lowest BCUT2D eigenvalue weighted by Gasteiger charge is -2.42. The van der Waals surface area contributed by atoms with E-state index in [1.165, 1.54) is 19.3 Å². The fraction of sp³-hybridized carbons (Fsp3) is 0.929. The number of amides is 1. The molecule has 92 valence electrons. The fourth-order valence-corrected chi connectivity index (χ4v) is 2.80. The SMILES string of the molecule is CC(C)(C)C1CCCN(C(=O)C2CCC2)C1. The van der Waals surface area contributed by atoms with E-state index in [9.17, 15) is 4.79 Å². The first-order valence-corrected chi connectivity index (χ1v) is 6.77. The van der Waals surface area contributed by atoms with Gasteiger partial charge in [-0.15, -0.1) is 0 Å².